The van der Waals surface area contributed by atoms with Crippen LogP contribution >= 0.6 is 27.3 Å². The number of halogens is 2. The van der Waals surface area contributed by atoms with E-state index in [1.807, 2.05) is 41.8 Å². The molecule has 0 fully saturated rings. The number of benzene rings is 3. The summed E-state index contributed by atoms with van der Waals surface area (Å²) in [4.78, 5) is 13.7. The first-order chi connectivity index (χ1) is 20.7. The Hall–Kier alpha value is -3.65. The van der Waals surface area contributed by atoms with Crippen LogP contribution in [0.15, 0.2) is 70.8 Å². The molecule has 5 rings (SSSR count). The maximum absolute atomic E-state index is 13.5. The molecule has 0 aliphatic rings. The third-order valence-electron chi connectivity index (χ3n) is 6.57. The fourth-order valence-electron chi connectivity index (χ4n) is 4.26. The maximum Gasteiger partial charge on any atom is 0.151 e. The molecule has 0 bridgehead atoms. The van der Waals surface area contributed by atoms with Crippen LogP contribution in [0, 0.1) is 5.82 Å². The molecule has 224 valence electrons. The van der Waals surface area contributed by atoms with Gasteiger partial charge in [0.25, 0.3) is 0 Å². The van der Waals surface area contributed by atoms with E-state index in [0.717, 1.165) is 37.4 Å². The van der Waals surface area contributed by atoms with Crippen LogP contribution in [-0.4, -0.2) is 48.5 Å². The Morgan fingerprint density at radius 3 is 2.70 bits per heavy atom. The summed E-state index contributed by atoms with van der Waals surface area (Å²) in [6.45, 7) is 2.72. The fraction of sp³-hybridized carbons (Fsp3) is 0.233. The number of nitrogens with one attached hydrogen (secondary N) is 2. The topological polar surface area (TPSA) is 115 Å². The number of sulfone groups is 1. The van der Waals surface area contributed by atoms with Gasteiger partial charge in [-0.3, -0.25) is 0 Å². The van der Waals surface area contributed by atoms with Crippen molar-refractivity contribution < 1.29 is 22.3 Å². The average molecular weight is 687 g/mol. The molecular formula is C30H29BrFN5O4S2. The molecule has 0 atom stereocenters. The van der Waals surface area contributed by atoms with Crippen molar-refractivity contribution >= 4 is 59.5 Å². The molecule has 2 heterocycles. The standard InChI is InChI=1S/C30H29BrFN5O4S2/c1-3-43(38,39)10-9-33-15-29-37-26(17-42-29)22-13-23-25(14-28(22)40-2)34-18-35-30(23)36-21-7-8-27(24(31)12-21)41-16-19-5-4-6-20(32)11-19/h4-8,11-14,17-18,33H,3,9-10,15-16H2,1-2H3,(H,34,35,36). The summed E-state index contributed by atoms with van der Waals surface area (Å²) in [5.74, 6) is 1.77. The second-order valence-electron chi connectivity index (χ2n) is 9.52. The lowest BCUT2D eigenvalue weighted by Crippen LogP contribution is -2.23. The molecule has 0 amide bonds. The Morgan fingerprint density at radius 2 is 1.93 bits per heavy atom. The van der Waals surface area contributed by atoms with E-state index in [9.17, 15) is 12.8 Å². The van der Waals surface area contributed by atoms with E-state index in [1.165, 1.54) is 29.8 Å². The molecule has 0 spiro atoms. The van der Waals surface area contributed by atoms with Crippen molar-refractivity contribution in [1.29, 1.82) is 0 Å². The van der Waals surface area contributed by atoms with Gasteiger partial charge >= 0.3 is 0 Å². The number of aromatic nitrogens is 3. The van der Waals surface area contributed by atoms with Gasteiger partial charge in [-0.15, -0.1) is 11.3 Å². The van der Waals surface area contributed by atoms with E-state index < -0.39 is 9.84 Å². The van der Waals surface area contributed by atoms with E-state index in [-0.39, 0.29) is 23.9 Å². The molecule has 3 aromatic carbocycles. The SMILES string of the molecule is CCS(=O)(=O)CCNCc1nc(-c2cc3c(Nc4ccc(OCc5cccc(F)c5)c(Br)c4)ncnc3cc2OC)cs1. The Kier molecular flexibility index (Phi) is 9.86. The molecule has 0 unspecified atom stereocenters. The van der Waals surface area contributed by atoms with Gasteiger partial charge in [-0.1, -0.05) is 19.1 Å². The monoisotopic (exact) mass is 685 g/mol. The molecule has 2 aromatic heterocycles. The third-order valence-corrected chi connectivity index (χ3v) is 9.74. The molecule has 0 aliphatic heterocycles. The van der Waals surface area contributed by atoms with Gasteiger partial charge in [0.1, 0.15) is 41.1 Å². The maximum atomic E-state index is 13.5. The van der Waals surface area contributed by atoms with Crippen LogP contribution in [0.2, 0.25) is 0 Å². The van der Waals surface area contributed by atoms with Gasteiger partial charge in [0.2, 0.25) is 0 Å². The number of hydrogen-bond acceptors (Lipinski definition) is 10. The summed E-state index contributed by atoms with van der Waals surface area (Å²) >= 11 is 5.05. The molecule has 5 aromatic rings. The Morgan fingerprint density at radius 1 is 1.07 bits per heavy atom. The number of rotatable bonds is 13. The summed E-state index contributed by atoms with van der Waals surface area (Å²) in [5.41, 5.74) is 3.72. The second-order valence-corrected chi connectivity index (χ2v) is 13.8. The summed E-state index contributed by atoms with van der Waals surface area (Å²) < 4.78 is 49.2. The van der Waals surface area contributed by atoms with Crippen molar-refractivity contribution in [1.82, 2.24) is 20.3 Å². The van der Waals surface area contributed by atoms with Crippen molar-refractivity contribution in [2.45, 2.75) is 20.1 Å². The third kappa shape index (κ3) is 7.85. The van der Waals surface area contributed by atoms with Gasteiger partial charge in [-0.25, -0.2) is 27.8 Å². The summed E-state index contributed by atoms with van der Waals surface area (Å²) in [6.07, 6.45) is 1.49. The minimum atomic E-state index is -3.02. The zero-order valence-electron chi connectivity index (χ0n) is 23.4. The lowest BCUT2D eigenvalue weighted by Gasteiger charge is -2.13. The lowest BCUT2D eigenvalue weighted by molar-refractivity contribution is 0.303. The summed E-state index contributed by atoms with van der Waals surface area (Å²) in [5, 5.41) is 10.1. The second kappa shape index (κ2) is 13.8. The Bertz CT molecular complexity index is 1850. The van der Waals surface area contributed by atoms with Gasteiger partial charge in [-0.05, 0) is 57.9 Å². The first-order valence-corrected chi connectivity index (χ1v) is 16.9. The van der Waals surface area contributed by atoms with E-state index in [1.54, 1.807) is 20.1 Å². The number of thiazole rings is 1. The number of ether oxygens (including phenoxy) is 2. The molecule has 0 saturated carbocycles. The highest BCUT2D eigenvalue weighted by Gasteiger charge is 2.16. The number of fused-ring (bicyclic) bond motifs is 1. The molecule has 0 saturated heterocycles. The predicted molar refractivity (Wildman–Crippen MR) is 171 cm³/mol. The first-order valence-electron chi connectivity index (χ1n) is 13.4. The average Bonchev–Trinajstić information content (AvgIpc) is 3.47. The summed E-state index contributed by atoms with van der Waals surface area (Å²) in [6, 6.07) is 15.7. The van der Waals surface area contributed by atoms with E-state index in [0.29, 0.717) is 35.9 Å². The van der Waals surface area contributed by atoms with Crippen LogP contribution < -0.4 is 20.1 Å². The highest BCUT2D eigenvalue weighted by Crippen LogP contribution is 2.37. The van der Waals surface area contributed by atoms with Crippen molar-refractivity contribution in [3.63, 3.8) is 0 Å². The smallest absolute Gasteiger partial charge is 0.151 e. The molecule has 43 heavy (non-hydrogen) atoms. The zero-order chi connectivity index (χ0) is 30.4. The number of methoxy groups -OCH3 is 1. The highest BCUT2D eigenvalue weighted by atomic mass is 79.9. The van der Waals surface area contributed by atoms with Crippen LogP contribution in [0.3, 0.4) is 0 Å². The fourth-order valence-corrected chi connectivity index (χ4v) is 6.26. The lowest BCUT2D eigenvalue weighted by atomic mass is 10.1. The Balaban J connectivity index is 1.33. The predicted octanol–water partition coefficient (Wildman–Crippen LogP) is 6.51. The molecule has 9 nitrogen and oxygen atoms in total. The normalized spacial score (nSPS) is 11.5. The minimum absolute atomic E-state index is 0.0945. The van der Waals surface area contributed by atoms with Crippen LogP contribution in [0.1, 0.15) is 17.5 Å². The molecular weight excluding hydrogens is 657 g/mol. The number of hydrogen-bond donors (Lipinski definition) is 2. The van der Waals surface area contributed by atoms with Crippen molar-refractivity contribution in [2.24, 2.45) is 0 Å². The van der Waals surface area contributed by atoms with Crippen LogP contribution in [0.4, 0.5) is 15.9 Å². The molecule has 2 N–H and O–H groups in total. The van der Waals surface area contributed by atoms with Gasteiger partial charge in [0, 0.05) is 46.9 Å². The van der Waals surface area contributed by atoms with Gasteiger partial charge in [-0.2, -0.15) is 0 Å². The Labute approximate surface area is 261 Å². The quantitative estimate of drug-likeness (QED) is 0.134. The molecule has 13 heteroatoms. The number of nitrogens with zero attached hydrogens (tertiary/aromatic N) is 3. The van der Waals surface area contributed by atoms with Gasteiger partial charge < -0.3 is 20.1 Å². The zero-order valence-corrected chi connectivity index (χ0v) is 26.7. The van der Waals surface area contributed by atoms with Gasteiger partial charge in [0.15, 0.2) is 9.84 Å². The van der Waals surface area contributed by atoms with E-state index in [2.05, 4.69) is 36.5 Å². The largest absolute Gasteiger partial charge is 0.496 e. The summed E-state index contributed by atoms with van der Waals surface area (Å²) in [7, 11) is -1.42. The van der Waals surface area contributed by atoms with Crippen molar-refractivity contribution in [2.75, 3.05) is 30.5 Å². The number of anilines is 2. The van der Waals surface area contributed by atoms with Crippen molar-refractivity contribution in [3.8, 4) is 22.8 Å². The van der Waals surface area contributed by atoms with Crippen LogP contribution in [0.25, 0.3) is 22.2 Å². The molecule has 0 aliphatic carbocycles. The highest BCUT2D eigenvalue weighted by molar-refractivity contribution is 9.10. The van der Waals surface area contributed by atoms with E-state index in [4.69, 9.17) is 14.5 Å². The van der Waals surface area contributed by atoms with Crippen molar-refractivity contribution in [3.05, 3.63) is 87.2 Å². The van der Waals surface area contributed by atoms with Crippen LogP contribution in [-0.2, 0) is 23.0 Å². The minimum Gasteiger partial charge on any atom is -0.496 e. The first kappa shape index (κ1) is 30.8. The van der Waals surface area contributed by atoms with Crippen LogP contribution in [0.5, 0.6) is 11.5 Å². The van der Waals surface area contributed by atoms with Gasteiger partial charge in [0.05, 0.1) is 28.5 Å². The molecule has 0 radical (unpaired) electrons. The van der Waals surface area contributed by atoms with E-state index >= 15 is 0 Å².